The number of likely N-dealkylation sites (tertiary alicyclic amines) is 1. The van der Waals surface area contributed by atoms with Crippen molar-refractivity contribution in [3.05, 3.63) is 0 Å². The number of piperidine rings is 1. The molecule has 1 unspecified atom stereocenters. The number of nitrogens with zero attached hydrogens (tertiary/aromatic N) is 1. The molecule has 21 heavy (non-hydrogen) atoms. The molecule has 1 spiro atoms. The fourth-order valence-corrected chi connectivity index (χ4v) is 2.65. The molecule has 1 atom stereocenters. The van der Waals surface area contributed by atoms with Gasteiger partial charge in [0.05, 0.1) is 12.0 Å². The molecular weight excluding hydrogens is 278 g/mol. The Bertz CT molecular complexity index is 516. The Hall–Kier alpha value is -2.12. The van der Waals surface area contributed by atoms with E-state index in [1.807, 2.05) is 0 Å². The lowest BCUT2D eigenvalue weighted by atomic mass is 9.86. The standard InChI is InChI=1S/C13H19N3O5/c1-12(2,10(19)20)6-8(17)16-5-3-4-13(7-16)9(18)14-11(21)15-13/h3-7H2,1-2H3,(H,19,20)(H2,14,15,18,21). The van der Waals surface area contributed by atoms with E-state index in [1.54, 1.807) is 0 Å². The van der Waals surface area contributed by atoms with Crippen LogP contribution in [-0.2, 0) is 14.4 Å². The SMILES string of the molecule is CC(C)(CC(=O)N1CCCC2(C1)NC(=O)NC2=O)C(=O)O. The normalized spacial score (nSPS) is 25.7. The third kappa shape index (κ3) is 2.84. The average molecular weight is 297 g/mol. The molecule has 0 bridgehead atoms. The minimum Gasteiger partial charge on any atom is -0.481 e. The predicted octanol–water partition coefficient (Wildman–Crippen LogP) is -0.312. The summed E-state index contributed by atoms with van der Waals surface area (Å²) in [6.45, 7) is 3.51. The Morgan fingerprint density at radius 1 is 1.38 bits per heavy atom. The molecule has 3 N–H and O–H groups in total. The minimum atomic E-state index is -1.16. The number of hydrogen-bond acceptors (Lipinski definition) is 4. The zero-order valence-corrected chi connectivity index (χ0v) is 12.1. The van der Waals surface area contributed by atoms with Crippen LogP contribution in [0.1, 0.15) is 33.1 Å². The number of carboxylic acid groups (broad SMARTS) is 1. The van der Waals surface area contributed by atoms with Gasteiger partial charge in [0.1, 0.15) is 5.54 Å². The van der Waals surface area contributed by atoms with Gasteiger partial charge >= 0.3 is 12.0 Å². The zero-order chi connectivity index (χ0) is 15.8. The van der Waals surface area contributed by atoms with Crippen molar-refractivity contribution in [1.82, 2.24) is 15.5 Å². The maximum absolute atomic E-state index is 12.3. The maximum atomic E-state index is 12.3. The van der Waals surface area contributed by atoms with Crippen LogP contribution < -0.4 is 10.6 Å². The maximum Gasteiger partial charge on any atom is 0.322 e. The number of carboxylic acids is 1. The van der Waals surface area contributed by atoms with Gasteiger partial charge in [-0.2, -0.15) is 0 Å². The first kappa shape index (κ1) is 15.3. The Morgan fingerprint density at radius 3 is 2.57 bits per heavy atom. The van der Waals surface area contributed by atoms with Crippen LogP contribution in [0.3, 0.4) is 0 Å². The Labute approximate surface area is 121 Å². The molecule has 4 amide bonds. The van der Waals surface area contributed by atoms with Crippen molar-refractivity contribution in [2.24, 2.45) is 5.41 Å². The van der Waals surface area contributed by atoms with Gasteiger partial charge in [0.25, 0.3) is 5.91 Å². The summed E-state index contributed by atoms with van der Waals surface area (Å²) in [5.74, 6) is -1.80. The third-order valence-corrected chi connectivity index (χ3v) is 4.03. The average Bonchev–Trinajstić information content (AvgIpc) is 2.63. The van der Waals surface area contributed by atoms with E-state index in [2.05, 4.69) is 10.6 Å². The van der Waals surface area contributed by atoms with Crippen LogP contribution in [0.4, 0.5) is 4.79 Å². The first-order chi connectivity index (χ1) is 9.66. The number of urea groups is 1. The summed E-state index contributed by atoms with van der Waals surface area (Å²) in [6.07, 6.45) is 0.900. The quantitative estimate of drug-likeness (QED) is 0.618. The Morgan fingerprint density at radius 2 is 2.05 bits per heavy atom. The number of imide groups is 1. The van der Waals surface area contributed by atoms with Crippen molar-refractivity contribution in [3.63, 3.8) is 0 Å². The van der Waals surface area contributed by atoms with E-state index in [1.165, 1.54) is 18.7 Å². The number of aliphatic carboxylic acids is 1. The third-order valence-electron chi connectivity index (χ3n) is 4.03. The molecule has 0 aliphatic carbocycles. The molecule has 8 nitrogen and oxygen atoms in total. The second-order valence-electron chi connectivity index (χ2n) is 6.28. The van der Waals surface area contributed by atoms with Crippen LogP contribution in [0.2, 0.25) is 0 Å². The highest BCUT2D eigenvalue weighted by atomic mass is 16.4. The summed E-state index contributed by atoms with van der Waals surface area (Å²) >= 11 is 0. The molecule has 0 radical (unpaired) electrons. The monoisotopic (exact) mass is 297 g/mol. The summed E-state index contributed by atoms with van der Waals surface area (Å²) in [5, 5.41) is 13.8. The fourth-order valence-electron chi connectivity index (χ4n) is 2.65. The van der Waals surface area contributed by atoms with Crippen molar-refractivity contribution >= 4 is 23.8 Å². The van der Waals surface area contributed by atoms with Crippen LogP contribution in [0.25, 0.3) is 0 Å². The van der Waals surface area contributed by atoms with Crippen molar-refractivity contribution < 1.29 is 24.3 Å². The lowest BCUT2D eigenvalue weighted by Gasteiger charge is -2.38. The molecule has 2 aliphatic rings. The molecule has 2 heterocycles. The van der Waals surface area contributed by atoms with Gasteiger partial charge in [0, 0.05) is 13.0 Å². The number of amides is 4. The van der Waals surface area contributed by atoms with E-state index in [9.17, 15) is 19.2 Å². The second-order valence-corrected chi connectivity index (χ2v) is 6.28. The summed E-state index contributed by atoms with van der Waals surface area (Å²) < 4.78 is 0. The molecule has 0 saturated carbocycles. The van der Waals surface area contributed by atoms with Gasteiger partial charge in [0.15, 0.2) is 0 Å². The summed E-state index contributed by atoms with van der Waals surface area (Å²) in [5.41, 5.74) is -2.23. The molecular formula is C13H19N3O5. The van der Waals surface area contributed by atoms with Gasteiger partial charge in [-0.3, -0.25) is 19.7 Å². The smallest absolute Gasteiger partial charge is 0.322 e. The predicted molar refractivity (Wildman–Crippen MR) is 71.3 cm³/mol. The number of carbonyl (C=O) groups excluding carboxylic acids is 3. The van der Waals surface area contributed by atoms with E-state index < -0.39 is 28.9 Å². The highest BCUT2D eigenvalue weighted by Crippen LogP contribution is 2.27. The minimum absolute atomic E-state index is 0.0824. The lowest BCUT2D eigenvalue weighted by molar-refractivity contribution is -0.152. The molecule has 2 rings (SSSR count). The fraction of sp³-hybridized carbons (Fsp3) is 0.692. The first-order valence-corrected chi connectivity index (χ1v) is 6.81. The molecule has 0 aromatic heterocycles. The van der Waals surface area contributed by atoms with E-state index in [-0.39, 0.29) is 18.9 Å². The highest BCUT2D eigenvalue weighted by Gasteiger charge is 2.49. The van der Waals surface area contributed by atoms with Gasteiger partial charge in [-0.05, 0) is 26.7 Å². The van der Waals surface area contributed by atoms with E-state index >= 15 is 0 Å². The summed E-state index contributed by atoms with van der Waals surface area (Å²) in [7, 11) is 0. The van der Waals surface area contributed by atoms with Crippen molar-refractivity contribution in [1.29, 1.82) is 0 Å². The van der Waals surface area contributed by atoms with Crippen molar-refractivity contribution in [3.8, 4) is 0 Å². The van der Waals surface area contributed by atoms with Gasteiger partial charge < -0.3 is 15.3 Å². The molecule has 116 valence electrons. The van der Waals surface area contributed by atoms with E-state index in [4.69, 9.17) is 5.11 Å². The van der Waals surface area contributed by atoms with Crippen LogP contribution in [0.15, 0.2) is 0 Å². The zero-order valence-electron chi connectivity index (χ0n) is 12.1. The largest absolute Gasteiger partial charge is 0.481 e. The van der Waals surface area contributed by atoms with Crippen molar-refractivity contribution in [2.45, 2.75) is 38.6 Å². The second kappa shape index (κ2) is 5.01. The molecule has 0 aromatic rings. The van der Waals surface area contributed by atoms with Crippen LogP contribution in [0, 0.1) is 5.41 Å². The first-order valence-electron chi connectivity index (χ1n) is 6.81. The molecule has 2 aliphatic heterocycles. The number of rotatable bonds is 3. The molecule has 2 saturated heterocycles. The van der Waals surface area contributed by atoms with Gasteiger partial charge in [-0.15, -0.1) is 0 Å². The van der Waals surface area contributed by atoms with Crippen LogP contribution in [0.5, 0.6) is 0 Å². The highest BCUT2D eigenvalue weighted by molar-refractivity contribution is 6.07. The van der Waals surface area contributed by atoms with Crippen molar-refractivity contribution in [2.75, 3.05) is 13.1 Å². The Kier molecular flexibility index (Phi) is 3.65. The van der Waals surface area contributed by atoms with Crippen LogP contribution in [-0.4, -0.2) is 52.4 Å². The van der Waals surface area contributed by atoms with Gasteiger partial charge in [-0.25, -0.2) is 4.79 Å². The van der Waals surface area contributed by atoms with E-state index in [0.29, 0.717) is 19.4 Å². The molecule has 2 fully saturated rings. The molecule has 8 heteroatoms. The van der Waals surface area contributed by atoms with Gasteiger partial charge in [0.2, 0.25) is 5.91 Å². The summed E-state index contributed by atoms with van der Waals surface area (Å²) in [4.78, 5) is 48.0. The lowest BCUT2D eigenvalue weighted by Crippen LogP contribution is -2.59. The number of nitrogens with one attached hydrogen (secondary N) is 2. The Balaban J connectivity index is 2.08. The van der Waals surface area contributed by atoms with Gasteiger partial charge in [-0.1, -0.05) is 0 Å². The number of hydrogen-bond donors (Lipinski definition) is 3. The number of carbonyl (C=O) groups is 4. The molecule has 0 aromatic carbocycles. The van der Waals surface area contributed by atoms with Crippen LogP contribution >= 0.6 is 0 Å². The summed E-state index contributed by atoms with van der Waals surface area (Å²) in [6, 6.07) is -0.555. The van der Waals surface area contributed by atoms with E-state index in [0.717, 1.165) is 0 Å². The topological polar surface area (TPSA) is 116 Å².